The van der Waals surface area contributed by atoms with Gasteiger partial charge < -0.3 is 24.0 Å². The molecule has 8 rings (SSSR count). The molecule has 4 amide bonds. The highest BCUT2D eigenvalue weighted by molar-refractivity contribution is 6.01. The highest BCUT2D eigenvalue weighted by Gasteiger charge is 2.29. The summed E-state index contributed by atoms with van der Waals surface area (Å²) in [6.45, 7) is 9.44. The van der Waals surface area contributed by atoms with E-state index in [1.165, 1.54) is 24.1 Å². The molecule has 1 atom stereocenters. The lowest BCUT2D eigenvalue weighted by atomic mass is 9.90. The van der Waals surface area contributed by atoms with Crippen molar-refractivity contribution < 1.29 is 23.9 Å². The number of hydrogen-bond acceptors (Lipinski definition) is 10. The molecule has 4 aromatic rings. The summed E-state index contributed by atoms with van der Waals surface area (Å²) in [5.41, 5.74) is 4.94. The average Bonchev–Trinajstić information content (AvgIpc) is 3.95. The van der Waals surface area contributed by atoms with E-state index in [0.29, 0.717) is 43.4 Å². The van der Waals surface area contributed by atoms with E-state index < -0.39 is 0 Å². The molecule has 14 nitrogen and oxygen atoms in total. The summed E-state index contributed by atoms with van der Waals surface area (Å²) in [5, 5.41) is 3.34. The Kier molecular flexibility index (Phi) is 13.6. The van der Waals surface area contributed by atoms with Gasteiger partial charge in [0.05, 0.1) is 5.92 Å². The average molecular weight is 832 g/mol. The molecule has 0 radical (unpaired) electrons. The van der Waals surface area contributed by atoms with Crippen LogP contribution in [0.15, 0.2) is 60.8 Å². The second-order valence-electron chi connectivity index (χ2n) is 17.4. The van der Waals surface area contributed by atoms with Crippen LogP contribution in [0.3, 0.4) is 0 Å². The maximum atomic E-state index is 13.1. The predicted molar refractivity (Wildman–Crippen MR) is 235 cm³/mol. The van der Waals surface area contributed by atoms with Gasteiger partial charge in [0.25, 0.3) is 11.8 Å². The number of benzene rings is 2. The summed E-state index contributed by atoms with van der Waals surface area (Å²) in [6.07, 6.45) is 11.2. The maximum Gasteiger partial charge on any atom is 0.270 e. The molecule has 1 aliphatic carbocycles. The minimum Gasteiger partial charge on any atom is -0.484 e. The third-order valence-electron chi connectivity index (χ3n) is 13.0. The van der Waals surface area contributed by atoms with Gasteiger partial charge >= 0.3 is 0 Å². The number of imide groups is 1. The van der Waals surface area contributed by atoms with E-state index in [-0.39, 0.29) is 36.2 Å². The zero-order valence-electron chi connectivity index (χ0n) is 35.9. The number of hydrogen-bond donors (Lipinski definition) is 1. The van der Waals surface area contributed by atoms with Crippen LogP contribution in [0.1, 0.15) is 90.8 Å². The highest BCUT2D eigenvalue weighted by Crippen LogP contribution is 2.35. The zero-order chi connectivity index (χ0) is 42.3. The number of amides is 4. The van der Waals surface area contributed by atoms with Gasteiger partial charge in [-0.1, -0.05) is 37.1 Å². The third kappa shape index (κ3) is 10.4. The molecule has 5 heterocycles. The SMILES string of the molecule is CN(C)C(=O)c1cc2cnc(CCc3ccc(N4CCN(CCCCN5CCN(C(=O)COc6cccc(C7CCC(=O)NC7=O)c6)CC5)CC4)cc3)nc2n1C1CCCC1. The summed E-state index contributed by atoms with van der Waals surface area (Å²) in [6, 6.07) is 18.5. The smallest absolute Gasteiger partial charge is 0.270 e. The Morgan fingerprint density at radius 2 is 1.54 bits per heavy atom. The van der Waals surface area contributed by atoms with Crippen molar-refractivity contribution in [3.8, 4) is 5.75 Å². The molecule has 3 aliphatic heterocycles. The molecule has 4 aliphatic rings. The number of aryl methyl sites for hydroxylation is 2. The first-order chi connectivity index (χ1) is 29.7. The first kappa shape index (κ1) is 42.4. The zero-order valence-corrected chi connectivity index (χ0v) is 35.9. The van der Waals surface area contributed by atoms with Crippen LogP contribution in [0.25, 0.3) is 11.0 Å². The topological polar surface area (TPSA) is 136 Å². The van der Waals surface area contributed by atoms with Crippen LogP contribution in [-0.2, 0) is 27.2 Å². The van der Waals surface area contributed by atoms with Crippen LogP contribution in [0.5, 0.6) is 5.75 Å². The van der Waals surface area contributed by atoms with Crippen LogP contribution in [-0.4, -0.2) is 144 Å². The van der Waals surface area contributed by atoms with E-state index >= 15 is 0 Å². The van der Waals surface area contributed by atoms with E-state index in [4.69, 9.17) is 14.7 Å². The van der Waals surface area contributed by atoms with Gasteiger partial charge in [-0.25, -0.2) is 9.97 Å². The molecule has 1 unspecified atom stereocenters. The number of ether oxygens (including phenoxy) is 1. The lowest BCUT2D eigenvalue weighted by Gasteiger charge is -2.36. The second-order valence-corrected chi connectivity index (χ2v) is 17.4. The Hall–Kier alpha value is -5.34. The van der Waals surface area contributed by atoms with Crippen molar-refractivity contribution in [2.24, 2.45) is 0 Å². The predicted octanol–water partition coefficient (Wildman–Crippen LogP) is 4.68. The molecule has 4 fully saturated rings. The minimum absolute atomic E-state index is 0.0162. The number of nitrogens with zero attached hydrogens (tertiary/aromatic N) is 8. The molecule has 3 saturated heterocycles. The monoisotopic (exact) mass is 831 g/mol. The Labute approximate surface area is 359 Å². The van der Waals surface area contributed by atoms with Crippen molar-refractivity contribution >= 4 is 40.3 Å². The summed E-state index contributed by atoms with van der Waals surface area (Å²) in [7, 11) is 3.61. The number of aromatic nitrogens is 3. The van der Waals surface area contributed by atoms with Crippen molar-refractivity contribution in [1.29, 1.82) is 0 Å². The molecule has 61 heavy (non-hydrogen) atoms. The summed E-state index contributed by atoms with van der Waals surface area (Å²) in [4.78, 5) is 70.6. The number of rotatable bonds is 15. The van der Waals surface area contributed by atoms with Crippen molar-refractivity contribution in [3.63, 3.8) is 0 Å². The Morgan fingerprint density at radius 1 is 0.836 bits per heavy atom. The number of carbonyl (C=O) groups is 4. The highest BCUT2D eigenvalue weighted by atomic mass is 16.5. The summed E-state index contributed by atoms with van der Waals surface area (Å²) >= 11 is 0. The fourth-order valence-electron chi connectivity index (χ4n) is 9.41. The van der Waals surface area contributed by atoms with Gasteiger partial charge in [0.2, 0.25) is 11.8 Å². The lowest BCUT2D eigenvalue weighted by Crippen LogP contribution is -2.50. The van der Waals surface area contributed by atoms with Crippen LogP contribution in [0, 0.1) is 0 Å². The summed E-state index contributed by atoms with van der Waals surface area (Å²) in [5.74, 6) is 0.463. The fraction of sp³-hybridized carbons (Fsp3) is 0.532. The summed E-state index contributed by atoms with van der Waals surface area (Å²) < 4.78 is 8.03. The van der Waals surface area contributed by atoms with E-state index in [1.807, 2.05) is 29.3 Å². The quantitative estimate of drug-likeness (QED) is 0.133. The van der Waals surface area contributed by atoms with E-state index in [9.17, 15) is 19.2 Å². The number of anilines is 1. The van der Waals surface area contributed by atoms with Crippen molar-refractivity contribution in [1.82, 2.24) is 39.5 Å². The molecule has 1 saturated carbocycles. The number of unbranched alkanes of at least 4 members (excludes halogenated alkanes) is 1. The van der Waals surface area contributed by atoms with E-state index in [2.05, 4.69) is 48.8 Å². The molecule has 2 aromatic heterocycles. The number of piperazine rings is 2. The van der Waals surface area contributed by atoms with Crippen molar-refractivity contribution in [2.45, 2.75) is 76.2 Å². The lowest BCUT2D eigenvalue weighted by molar-refractivity contribution is -0.136. The van der Waals surface area contributed by atoms with Gasteiger partial charge in [0.15, 0.2) is 6.61 Å². The molecule has 2 aromatic carbocycles. The van der Waals surface area contributed by atoms with E-state index in [0.717, 1.165) is 113 Å². The van der Waals surface area contributed by atoms with Crippen LogP contribution in [0.4, 0.5) is 5.69 Å². The van der Waals surface area contributed by atoms with Gasteiger partial charge in [-0.15, -0.1) is 0 Å². The number of fused-ring (bicyclic) bond motifs is 1. The van der Waals surface area contributed by atoms with Gasteiger partial charge in [-0.3, -0.25) is 34.3 Å². The number of piperidine rings is 1. The molecule has 14 heteroatoms. The molecule has 1 N–H and O–H groups in total. The van der Waals surface area contributed by atoms with Crippen LogP contribution in [0.2, 0.25) is 0 Å². The number of nitrogens with one attached hydrogen (secondary N) is 1. The normalized spacial score (nSPS) is 19.4. The minimum atomic E-state index is -0.383. The van der Waals surface area contributed by atoms with Crippen molar-refractivity contribution in [3.05, 3.63) is 83.4 Å². The third-order valence-corrected chi connectivity index (χ3v) is 13.0. The largest absolute Gasteiger partial charge is 0.484 e. The number of carbonyl (C=O) groups excluding carboxylic acids is 4. The van der Waals surface area contributed by atoms with Crippen LogP contribution < -0.4 is 15.0 Å². The standard InChI is InChI=1S/C47H61N9O5/c1-51(2)47(60)41-31-36-32-48-42(49-45(36)56(41)38-9-3-4-10-38)18-14-34-12-15-37(16-13-34)54-26-22-52(23-27-54)20-5-6-21-53-24-28-55(29-25-53)44(58)33-61-39-11-7-8-35(30-39)40-17-19-43(57)50-46(40)59/h7-8,11-13,15-16,30-32,38,40H,3-6,9-10,14,17-29,33H2,1-2H3,(H,50,57,59). The van der Waals surface area contributed by atoms with Gasteiger partial charge in [-0.2, -0.15) is 0 Å². The first-order valence-electron chi connectivity index (χ1n) is 22.4. The van der Waals surface area contributed by atoms with E-state index in [1.54, 1.807) is 31.1 Å². The molecule has 324 valence electrons. The molecule has 0 bridgehead atoms. The molecular formula is C47H61N9O5. The van der Waals surface area contributed by atoms with Gasteiger partial charge in [0.1, 0.15) is 22.9 Å². The fourth-order valence-corrected chi connectivity index (χ4v) is 9.41. The van der Waals surface area contributed by atoms with Gasteiger partial charge in [0, 0.05) is 103 Å². The molecule has 0 spiro atoms. The van der Waals surface area contributed by atoms with Gasteiger partial charge in [-0.05, 0) is 93.1 Å². The maximum absolute atomic E-state index is 13.1. The first-order valence-corrected chi connectivity index (χ1v) is 22.4. The Morgan fingerprint density at radius 3 is 2.23 bits per heavy atom. The Balaban J connectivity index is 0.712. The Bertz CT molecular complexity index is 2170. The van der Waals surface area contributed by atoms with Crippen LogP contribution >= 0.6 is 0 Å². The molecular weight excluding hydrogens is 771 g/mol. The van der Waals surface area contributed by atoms with Crippen molar-refractivity contribution in [2.75, 3.05) is 91.0 Å². The second kappa shape index (κ2) is 19.6.